The minimum Gasteiger partial charge on any atom is -0.464 e. The molecule has 7 heteroatoms. The summed E-state index contributed by atoms with van der Waals surface area (Å²) in [5.41, 5.74) is 0.0962. The van der Waals surface area contributed by atoms with E-state index in [4.69, 9.17) is 16.3 Å². The summed E-state index contributed by atoms with van der Waals surface area (Å²) in [6, 6.07) is 5.54. The van der Waals surface area contributed by atoms with E-state index < -0.39 is 5.97 Å². The number of hydrogen-bond acceptors (Lipinski definition) is 6. The second kappa shape index (κ2) is 5.88. The Morgan fingerprint density at radius 1 is 1.36 bits per heavy atom. The van der Waals surface area contributed by atoms with Crippen LogP contribution in [0.25, 0.3) is 0 Å². The van der Waals surface area contributed by atoms with Crippen LogP contribution in [0.1, 0.15) is 35.1 Å². The Hall–Kier alpha value is -2.21. The number of anilines is 2. The zero-order valence-electron chi connectivity index (χ0n) is 12.3. The molecule has 1 fully saturated rings. The number of ether oxygens (including phenoxy) is 1. The summed E-state index contributed by atoms with van der Waals surface area (Å²) >= 11 is 6.33. The zero-order valence-corrected chi connectivity index (χ0v) is 13.0. The lowest BCUT2D eigenvalue weighted by atomic mass is 10.3. The van der Waals surface area contributed by atoms with Gasteiger partial charge in [0.2, 0.25) is 0 Å². The van der Waals surface area contributed by atoms with Crippen molar-refractivity contribution in [2.24, 2.45) is 0 Å². The van der Waals surface area contributed by atoms with Crippen LogP contribution in [-0.2, 0) is 4.74 Å². The van der Waals surface area contributed by atoms with Gasteiger partial charge in [0.05, 0.1) is 7.11 Å². The summed E-state index contributed by atoms with van der Waals surface area (Å²) in [6.07, 6.45) is 3.73. The fraction of sp³-hybridized carbons (Fsp3) is 0.333. The number of halogens is 1. The van der Waals surface area contributed by atoms with Gasteiger partial charge in [0.15, 0.2) is 11.5 Å². The van der Waals surface area contributed by atoms with Gasteiger partial charge in [0.1, 0.15) is 16.7 Å². The quantitative estimate of drug-likeness (QED) is 0.807. The molecule has 3 rings (SSSR count). The summed E-state index contributed by atoms with van der Waals surface area (Å²) in [4.78, 5) is 26.7. The van der Waals surface area contributed by atoms with Crippen molar-refractivity contribution in [1.82, 2.24) is 15.0 Å². The molecule has 1 aliphatic carbocycles. The maximum atomic E-state index is 11.9. The maximum Gasteiger partial charge on any atom is 0.358 e. The van der Waals surface area contributed by atoms with Gasteiger partial charge in [-0.25, -0.2) is 19.7 Å². The number of pyridine rings is 1. The van der Waals surface area contributed by atoms with Gasteiger partial charge in [-0.2, -0.15) is 0 Å². The average molecular weight is 319 g/mol. The van der Waals surface area contributed by atoms with Crippen LogP contribution in [0.15, 0.2) is 24.4 Å². The highest BCUT2D eigenvalue weighted by atomic mass is 35.5. The van der Waals surface area contributed by atoms with Crippen molar-refractivity contribution in [2.45, 2.75) is 18.8 Å². The Bertz CT molecular complexity index is 704. The number of esters is 1. The number of methoxy groups -OCH3 is 1. The number of hydrogen-bond donors (Lipinski definition) is 0. The number of nitrogens with zero attached hydrogens (tertiary/aromatic N) is 4. The second-order valence-electron chi connectivity index (χ2n) is 5.08. The van der Waals surface area contributed by atoms with Gasteiger partial charge >= 0.3 is 5.97 Å². The van der Waals surface area contributed by atoms with E-state index in [1.165, 1.54) is 7.11 Å². The molecule has 2 heterocycles. The molecule has 6 nitrogen and oxygen atoms in total. The molecule has 0 aromatic carbocycles. The van der Waals surface area contributed by atoms with Gasteiger partial charge in [0.25, 0.3) is 0 Å². The van der Waals surface area contributed by atoms with Crippen LogP contribution < -0.4 is 4.90 Å². The lowest BCUT2D eigenvalue weighted by Gasteiger charge is -2.20. The van der Waals surface area contributed by atoms with Crippen LogP contribution in [-0.4, -0.2) is 35.1 Å². The molecule has 114 valence electrons. The summed E-state index contributed by atoms with van der Waals surface area (Å²) in [7, 11) is 3.11. The molecule has 0 amide bonds. The molecule has 0 spiro atoms. The van der Waals surface area contributed by atoms with E-state index in [1.807, 2.05) is 18.2 Å². The van der Waals surface area contributed by atoms with Gasteiger partial charge in [-0.05, 0) is 25.0 Å². The standard InChI is InChI=1S/C15H15ClN4O2/c1-20(10-5-3-4-8-17-10)14-11(16)12(15(21)22-2)18-13(19-14)9-6-7-9/h3-5,8-9H,6-7H2,1-2H3. The molecule has 0 saturated heterocycles. The highest BCUT2D eigenvalue weighted by Crippen LogP contribution is 2.40. The molecule has 0 N–H and O–H groups in total. The molecule has 0 aliphatic heterocycles. The smallest absolute Gasteiger partial charge is 0.358 e. The average Bonchev–Trinajstić information content (AvgIpc) is 3.39. The van der Waals surface area contributed by atoms with E-state index in [1.54, 1.807) is 18.1 Å². The van der Waals surface area contributed by atoms with Crippen molar-refractivity contribution in [3.63, 3.8) is 0 Å². The van der Waals surface area contributed by atoms with Gasteiger partial charge in [-0.3, -0.25) is 0 Å². The van der Waals surface area contributed by atoms with Crippen molar-refractivity contribution >= 4 is 29.2 Å². The summed E-state index contributed by atoms with van der Waals surface area (Å²) in [5.74, 6) is 1.49. The van der Waals surface area contributed by atoms with Crippen LogP contribution in [0.5, 0.6) is 0 Å². The third-order valence-corrected chi connectivity index (χ3v) is 3.83. The zero-order chi connectivity index (χ0) is 15.7. The highest BCUT2D eigenvalue weighted by molar-refractivity contribution is 6.35. The van der Waals surface area contributed by atoms with Crippen molar-refractivity contribution in [3.05, 3.63) is 40.9 Å². The Labute approximate surface area is 133 Å². The van der Waals surface area contributed by atoms with E-state index >= 15 is 0 Å². The minimum atomic E-state index is -0.565. The molecular formula is C15H15ClN4O2. The molecule has 1 aliphatic rings. The van der Waals surface area contributed by atoms with Crippen LogP contribution in [0.4, 0.5) is 11.6 Å². The first-order valence-electron chi connectivity index (χ1n) is 6.92. The topological polar surface area (TPSA) is 68.2 Å². The van der Waals surface area contributed by atoms with E-state index in [-0.39, 0.29) is 16.6 Å². The molecule has 2 aromatic rings. The molecule has 0 radical (unpaired) electrons. The third kappa shape index (κ3) is 2.74. The molecule has 22 heavy (non-hydrogen) atoms. The first-order valence-corrected chi connectivity index (χ1v) is 7.30. The van der Waals surface area contributed by atoms with Crippen LogP contribution in [0, 0.1) is 0 Å². The normalized spacial score (nSPS) is 13.8. The fourth-order valence-electron chi connectivity index (χ4n) is 2.09. The lowest BCUT2D eigenvalue weighted by Crippen LogP contribution is -2.18. The molecule has 0 atom stereocenters. The molecule has 0 bridgehead atoms. The first kappa shape index (κ1) is 14.7. The monoisotopic (exact) mass is 318 g/mol. The highest BCUT2D eigenvalue weighted by Gasteiger charge is 2.31. The van der Waals surface area contributed by atoms with Crippen LogP contribution in [0.3, 0.4) is 0 Å². The van der Waals surface area contributed by atoms with Crippen LogP contribution >= 0.6 is 11.6 Å². The fourth-order valence-corrected chi connectivity index (χ4v) is 2.38. The Balaban J connectivity index is 2.09. The van der Waals surface area contributed by atoms with Gasteiger partial charge < -0.3 is 9.64 Å². The minimum absolute atomic E-state index is 0.0962. The van der Waals surface area contributed by atoms with E-state index in [9.17, 15) is 4.79 Å². The Morgan fingerprint density at radius 2 is 2.14 bits per heavy atom. The van der Waals surface area contributed by atoms with Crippen molar-refractivity contribution in [2.75, 3.05) is 19.1 Å². The molecule has 2 aromatic heterocycles. The van der Waals surface area contributed by atoms with Gasteiger partial charge in [0, 0.05) is 19.2 Å². The maximum absolute atomic E-state index is 11.9. The van der Waals surface area contributed by atoms with Gasteiger partial charge in [-0.15, -0.1) is 0 Å². The van der Waals surface area contributed by atoms with Gasteiger partial charge in [-0.1, -0.05) is 17.7 Å². The predicted molar refractivity (Wildman–Crippen MR) is 82.7 cm³/mol. The largest absolute Gasteiger partial charge is 0.464 e. The summed E-state index contributed by atoms with van der Waals surface area (Å²) in [5, 5.41) is 0.171. The first-order chi connectivity index (χ1) is 10.6. The van der Waals surface area contributed by atoms with E-state index in [2.05, 4.69) is 15.0 Å². The van der Waals surface area contributed by atoms with Crippen molar-refractivity contribution in [1.29, 1.82) is 0 Å². The third-order valence-electron chi connectivity index (χ3n) is 3.48. The number of carbonyl (C=O) groups excluding carboxylic acids is 1. The van der Waals surface area contributed by atoms with E-state index in [0.29, 0.717) is 17.5 Å². The number of rotatable bonds is 4. The van der Waals surface area contributed by atoms with Crippen molar-refractivity contribution in [3.8, 4) is 0 Å². The summed E-state index contributed by atoms with van der Waals surface area (Å²) < 4.78 is 4.76. The number of aromatic nitrogens is 3. The SMILES string of the molecule is COC(=O)c1nc(C2CC2)nc(N(C)c2ccccn2)c1Cl. The summed E-state index contributed by atoms with van der Waals surface area (Å²) in [6.45, 7) is 0. The molecule has 1 saturated carbocycles. The Kier molecular flexibility index (Phi) is 3.94. The second-order valence-corrected chi connectivity index (χ2v) is 5.46. The van der Waals surface area contributed by atoms with E-state index in [0.717, 1.165) is 12.8 Å². The van der Waals surface area contributed by atoms with Crippen LogP contribution in [0.2, 0.25) is 5.02 Å². The lowest BCUT2D eigenvalue weighted by molar-refractivity contribution is 0.0593. The Morgan fingerprint density at radius 3 is 2.73 bits per heavy atom. The molecule has 0 unspecified atom stereocenters. The van der Waals surface area contributed by atoms with Crippen molar-refractivity contribution < 1.29 is 9.53 Å². The number of carbonyl (C=O) groups is 1. The molecular weight excluding hydrogens is 304 g/mol. The predicted octanol–water partition coefficient (Wildman–Crippen LogP) is 2.96.